The van der Waals surface area contributed by atoms with Crippen molar-refractivity contribution in [3.8, 4) is 22.3 Å². The monoisotopic (exact) mass is 683 g/mol. The molecule has 0 saturated heterocycles. The van der Waals surface area contributed by atoms with Crippen LogP contribution in [0.3, 0.4) is 0 Å². The van der Waals surface area contributed by atoms with Crippen LogP contribution in [0.2, 0.25) is 0 Å². The van der Waals surface area contributed by atoms with Gasteiger partial charge in [0.15, 0.2) is 0 Å². The Kier molecular flexibility index (Phi) is 11.4. The number of allylic oxidation sites excluding steroid dienone is 2. The van der Waals surface area contributed by atoms with E-state index in [0.717, 1.165) is 56.4 Å². The first-order valence-corrected chi connectivity index (χ1v) is 17.4. The number of thiol groups is 1. The first-order valence-electron chi connectivity index (χ1n) is 17.0. The van der Waals surface area contributed by atoms with Crippen LogP contribution in [0.1, 0.15) is 29.5 Å². The van der Waals surface area contributed by atoms with E-state index in [1.54, 1.807) is 0 Å². The summed E-state index contributed by atoms with van der Waals surface area (Å²) in [7, 11) is 0. The number of rotatable bonds is 6. The van der Waals surface area contributed by atoms with E-state index in [0.29, 0.717) is 6.54 Å². The lowest BCUT2D eigenvalue weighted by Crippen LogP contribution is -2.14. The van der Waals surface area contributed by atoms with E-state index in [2.05, 4.69) is 128 Å². The maximum Gasteiger partial charge on any atom is 0.136 e. The van der Waals surface area contributed by atoms with Gasteiger partial charge in [0.25, 0.3) is 0 Å². The number of nitrogens with two attached hydrogens (primary N) is 1. The molecule has 0 amide bonds. The van der Waals surface area contributed by atoms with Crippen molar-refractivity contribution in [2.45, 2.75) is 26.3 Å². The number of hydrogen-bond donors (Lipinski definition) is 3. The SMILES string of the molecule is C=NCc1cccc2oc3cc(-c4ccccc4)ccc3c12.Cc1ccc(-c2ccccc2)cc1.N=C(N)C1=CC(S)=C(c2ccccc2)CC1. The molecule has 3 N–H and O–H groups in total. The van der Waals surface area contributed by atoms with Gasteiger partial charge in [-0.25, -0.2) is 0 Å². The first kappa shape index (κ1) is 34.9. The molecule has 0 radical (unpaired) electrons. The summed E-state index contributed by atoms with van der Waals surface area (Å²) < 4.78 is 6.04. The fraction of sp³-hybridized carbons (Fsp3) is 0.0870. The number of furan rings is 1. The highest BCUT2D eigenvalue weighted by Gasteiger charge is 2.14. The van der Waals surface area contributed by atoms with Gasteiger partial charge in [-0.05, 0) is 95.3 Å². The van der Waals surface area contributed by atoms with Crippen molar-refractivity contribution in [1.29, 1.82) is 5.41 Å². The molecule has 8 rings (SSSR count). The van der Waals surface area contributed by atoms with E-state index >= 15 is 0 Å². The highest BCUT2D eigenvalue weighted by atomic mass is 32.1. The van der Waals surface area contributed by atoms with Gasteiger partial charge in [-0.2, -0.15) is 0 Å². The second-order valence-corrected chi connectivity index (χ2v) is 12.9. The number of aliphatic imine (C=N–C) groups is 1. The van der Waals surface area contributed by atoms with Crippen LogP contribution in [0, 0.1) is 12.3 Å². The highest BCUT2D eigenvalue weighted by Crippen LogP contribution is 2.35. The smallest absolute Gasteiger partial charge is 0.136 e. The molecule has 1 aliphatic rings. The Morgan fingerprint density at radius 2 is 1.25 bits per heavy atom. The lowest BCUT2D eigenvalue weighted by molar-refractivity contribution is 0.669. The molecule has 0 bridgehead atoms. The predicted molar refractivity (Wildman–Crippen MR) is 221 cm³/mol. The third-order valence-electron chi connectivity index (χ3n) is 8.86. The average molecular weight is 684 g/mol. The quantitative estimate of drug-likeness (QED) is 0.0927. The molecule has 6 aromatic carbocycles. The number of aryl methyl sites for hydroxylation is 1. The van der Waals surface area contributed by atoms with Gasteiger partial charge in [0.2, 0.25) is 0 Å². The fourth-order valence-electron chi connectivity index (χ4n) is 6.19. The van der Waals surface area contributed by atoms with Crippen molar-refractivity contribution in [2.75, 3.05) is 0 Å². The zero-order chi connectivity index (χ0) is 35.6. The predicted octanol–water partition coefficient (Wildman–Crippen LogP) is 12.1. The zero-order valence-electron chi connectivity index (χ0n) is 28.7. The summed E-state index contributed by atoms with van der Waals surface area (Å²) in [5.41, 5.74) is 18.0. The molecule has 51 heavy (non-hydrogen) atoms. The van der Waals surface area contributed by atoms with Crippen LogP contribution in [-0.4, -0.2) is 12.6 Å². The molecule has 7 aromatic rings. The second-order valence-electron chi connectivity index (χ2n) is 12.4. The van der Waals surface area contributed by atoms with Gasteiger partial charge >= 0.3 is 0 Å². The largest absolute Gasteiger partial charge is 0.456 e. The molecule has 0 saturated carbocycles. The Balaban J connectivity index is 0.000000137. The van der Waals surface area contributed by atoms with Gasteiger partial charge in [-0.1, -0.05) is 139 Å². The lowest BCUT2D eigenvalue weighted by Gasteiger charge is -2.17. The van der Waals surface area contributed by atoms with E-state index in [1.165, 1.54) is 33.4 Å². The molecule has 252 valence electrons. The number of nitrogens with zero attached hydrogens (tertiary/aromatic N) is 1. The van der Waals surface area contributed by atoms with Gasteiger partial charge < -0.3 is 10.2 Å². The third kappa shape index (κ3) is 8.64. The summed E-state index contributed by atoms with van der Waals surface area (Å²) in [6.45, 7) is 6.31. The minimum Gasteiger partial charge on any atom is -0.456 e. The number of benzene rings is 6. The van der Waals surface area contributed by atoms with Crippen molar-refractivity contribution >= 4 is 52.7 Å². The van der Waals surface area contributed by atoms with Crippen molar-refractivity contribution in [1.82, 2.24) is 0 Å². The van der Waals surface area contributed by atoms with E-state index in [9.17, 15) is 0 Å². The Hall–Kier alpha value is -5.91. The lowest BCUT2D eigenvalue weighted by atomic mass is 9.93. The first-order chi connectivity index (χ1) is 24.9. The molecule has 1 aromatic heterocycles. The van der Waals surface area contributed by atoms with Gasteiger partial charge in [-0.3, -0.25) is 10.4 Å². The van der Waals surface area contributed by atoms with Gasteiger partial charge in [0.1, 0.15) is 17.0 Å². The third-order valence-corrected chi connectivity index (χ3v) is 9.26. The van der Waals surface area contributed by atoms with Crippen LogP contribution >= 0.6 is 12.6 Å². The summed E-state index contributed by atoms with van der Waals surface area (Å²) in [6.07, 6.45) is 3.62. The van der Waals surface area contributed by atoms with Crippen LogP contribution in [0.4, 0.5) is 0 Å². The molecular weight excluding hydrogens is 643 g/mol. The molecule has 1 aliphatic carbocycles. The van der Waals surface area contributed by atoms with Gasteiger partial charge in [0, 0.05) is 15.7 Å². The second kappa shape index (κ2) is 16.7. The number of fused-ring (bicyclic) bond motifs is 3. The minimum absolute atomic E-state index is 0.152. The molecule has 0 atom stereocenters. The van der Waals surface area contributed by atoms with E-state index in [1.807, 2.05) is 60.7 Å². The van der Waals surface area contributed by atoms with Crippen LogP contribution in [0.15, 0.2) is 178 Å². The maximum absolute atomic E-state index is 7.40. The molecular formula is C46H41N3OS. The highest BCUT2D eigenvalue weighted by molar-refractivity contribution is 7.85. The Morgan fingerprint density at radius 1 is 0.686 bits per heavy atom. The Bertz CT molecular complexity index is 2320. The normalized spacial score (nSPS) is 12.3. The number of amidine groups is 1. The maximum atomic E-state index is 7.40. The molecule has 5 heteroatoms. The topological polar surface area (TPSA) is 75.4 Å². The van der Waals surface area contributed by atoms with Gasteiger partial charge in [0.05, 0.1) is 6.54 Å². The van der Waals surface area contributed by atoms with Crippen molar-refractivity contribution in [3.63, 3.8) is 0 Å². The summed E-state index contributed by atoms with van der Waals surface area (Å²) in [6, 6.07) is 52.0. The molecule has 0 unspecified atom stereocenters. The average Bonchev–Trinajstić information content (AvgIpc) is 3.56. The van der Waals surface area contributed by atoms with Crippen LogP contribution in [0.5, 0.6) is 0 Å². The zero-order valence-corrected chi connectivity index (χ0v) is 29.6. The Morgan fingerprint density at radius 3 is 1.84 bits per heavy atom. The van der Waals surface area contributed by atoms with Crippen molar-refractivity contribution in [3.05, 3.63) is 185 Å². The van der Waals surface area contributed by atoms with Crippen molar-refractivity contribution < 1.29 is 4.42 Å². The number of nitrogens with one attached hydrogen (secondary N) is 1. The van der Waals surface area contributed by atoms with E-state index < -0.39 is 0 Å². The van der Waals surface area contributed by atoms with Crippen LogP contribution in [0.25, 0.3) is 49.8 Å². The standard InChI is InChI=1S/C20H15NO.C13H14N2S.C13H12/c1-21-13-16-8-5-9-18-20(16)17-11-10-15(12-19(17)22-18)14-6-3-2-4-7-14;14-13(15)10-6-7-11(12(16)8-10)9-4-2-1-3-5-9;1-11-7-9-13(10-8-11)12-5-3-2-4-6-12/h2-12H,1,13H2;1-5,8,16H,6-7H2,(H3,14,15);2-10H,1H3. The van der Waals surface area contributed by atoms with Crippen LogP contribution in [-0.2, 0) is 6.54 Å². The Labute approximate surface area is 305 Å². The minimum atomic E-state index is 0.152. The molecule has 1 heterocycles. The fourth-order valence-corrected chi connectivity index (χ4v) is 6.59. The summed E-state index contributed by atoms with van der Waals surface area (Å²) in [5, 5.41) is 9.68. The van der Waals surface area contributed by atoms with E-state index in [4.69, 9.17) is 15.6 Å². The van der Waals surface area contributed by atoms with Crippen molar-refractivity contribution in [2.24, 2.45) is 10.7 Å². The molecule has 0 fully saturated rings. The summed E-state index contributed by atoms with van der Waals surface area (Å²) >= 11 is 4.47. The molecule has 0 spiro atoms. The molecule has 4 nitrogen and oxygen atoms in total. The summed E-state index contributed by atoms with van der Waals surface area (Å²) in [5.74, 6) is 0.152. The molecule has 0 aliphatic heterocycles. The summed E-state index contributed by atoms with van der Waals surface area (Å²) in [4.78, 5) is 4.94. The number of hydrogen-bond acceptors (Lipinski definition) is 4. The van der Waals surface area contributed by atoms with E-state index in [-0.39, 0.29) is 5.84 Å². The van der Waals surface area contributed by atoms with Crippen LogP contribution < -0.4 is 5.73 Å². The van der Waals surface area contributed by atoms with Gasteiger partial charge in [-0.15, -0.1) is 12.6 Å².